The Hall–Kier alpha value is 1.07. The average Bonchev–Trinajstić information content (AvgIpc) is 3.16. The average molecular weight is 885 g/mol. The fourth-order valence-electron chi connectivity index (χ4n) is 11.6. The zero-order valence-electron chi connectivity index (χ0n) is 34.2. The van der Waals surface area contributed by atoms with Gasteiger partial charge < -0.3 is 8.97 Å². The Morgan fingerprint density at radius 3 is 0.981 bits per heavy atom. The SMILES string of the molecule is C[N+]1(C)CCC([PH+](C2CCCCC2)C2CCCCC2)CC1.C[N+]1(C)CCC([PH+](C2CCCCC2)C2CCCCC2)CC1.[Cl][Ru]([Cl])=[CH]c1ccccc1. The van der Waals surface area contributed by atoms with Crippen LogP contribution in [0.5, 0.6) is 0 Å². The number of likely N-dealkylation sites (tertiary alicyclic amines) is 2. The van der Waals surface area contributed by atoms with Gasteiger partial charge in [-0.25, -0.2) is 0 Å². The van der Waals surface area contributed by atoms with E-state index >= 15 is 0 Å². The van der Waals surface area contributed by atoms with E-state index in [9.17, 15) is 0 Å². The molecule has 1 aromatic carbocycles. The summed E-state index contributed by atoms with van der Waals surface area (Å²) in [5.74, 6) is 0. The van der Waals surface area contributed by atoms with Crippen LogP contribution < -0.4 is 0 Å². The summed E-state index contributed by atoms with van der Waals surface area (Å²) in [4.78, 5) is 0. The minimum atomic E-state index is -1.61. The van der Waals surface area contributed by atoms with E-state index in [0.717, 1.165) is 5.56 Å². The number of rotatable bonds is 7. The summed E-state index contributed by atoms with van der Waals surface area (Å²) in [6.45, 7) is 5.83. The molecule has 4 saturated carbocycles. The molecule has 0 aromatic heterocycles. The summed E-state index contributed by atoms with van der Waals surface area (Å²) in [5, 5.41) is 0. The molecule has 6 fully saturated rings. The van der Waals surface area contributed by atoms with Gasteiger partial charge in [-0.15, -0.1) is 0 Å². The van der Waals surface area contributed by atoms with Crippen molar-refractivity contribution in [1.29, 1.82) is 0 Å². The molecule has 4 aliphatic carbocycles. The van der Waals surface area contributed by atoms with Gasteiger partial charge in [0.25, 0.3) is 0 Å². The van der Waals surface area contributed by atoms with Crippen molar-refractivity contribution >= 4 is 39.8 Å². The quantitative estimate of drug-likeness (QED) is 0.145. The van der Waals surface area contributed by atoms with Crippen molar-refractivity contribution in [3.8, 4) is 0 Å². The zero-order chi connectivity index (χ0) is 36.8. The second-order valence-corrected chi connectivity index (χ2v) is 32.0. The van der Waals surface area contributed by atoms with Gasteiger partial charge in [0.15, 0.2) is 0 Å². The molecule has 0 radical (unpaired) electrons. The van der Waals surface area contributed by atoms with Crippen LogP contribution in [0.15, 0.2) is 30.3 Å². The summed E-state index contributed by atoms with van der Waals surface area (Å²) in [7, 11) is 20.9. The van der Waals surface area contributed by atoms with Crippen LogP contribution in [0.3, 0.4) is 0 Å². The molecule has 1 aromatic rings. The Morgan fingerprint density at radius 2 is 0.712 bits per heavy atom. The van der Waals surface area contributed by atoms with Crippen LogP contribution >= 0.6 is 35.2 Å². The fourth-order valence-corrected chi connectivity index (χ4v) is 23.5. The maximum atomic E-state index is 5.67. The van der Waals surface area contributed by atoms with Crippen molar-refractivity contribution < 1.29 is 22.5 Å². The summed E-state index contributed by atoms with van der Waals surface area (Å²) in [6.07, 6.45) is 37.7. The topological polar surface area (TPSA) is 0 Å². The standard InChI is InChI=1S/2C19H37NP.C7H6.2ClH.Ru/c2*1-20(2)15-13-19(14-16-20)21(17-9-5-3-6-10-17)18-11-7-4-8-12-18;1-7-5-3-2-4-6-7;;;/h2*17-19H,3-16H2,1-2H3;1-6H;2*1H;/q2*+1;;;;+2. The summed E-state index contributed by atoms with van der Waals surface area (Å²) < 4.78 is 4.51. The molecule has 0 atom stereocenters. The van der Waals surface area contributed by atoms with Crippen LogP contribution in [0.2, 0.25) is 0 Å². The fraction of sp³-hybridized carbons (Fsp3) is 0.844. The Labute approximate surface area is 338 Å². The molecule has 0 N–H and O–H groups in total. The van der Waals surface area contributed by atoms with E-state index in [-0.39, 0.29) is 15.8 Å². The number of nitrogens with zero attached hydrogens (tertiary/aromatic N) is 2. The molecule has 7 rings (SSSR count). The van der Waals surface area contributed by atoms with Crippen molar-refractivity contribution in [1.82, 2.24) is 0 Å². The van der Waals surface area contributed by atoms with Crippen LogP contribution in [0.1, 0.15) is 160 Å². The first-order valence-corrected chi connectivity index (χ1v) is 31.3. The zero-order valence-corrected chi connectivity index (χ0v) is 39.5. The van der Waals surface area contributed by atoms with Gasteiger partial charge in [-0.05, 0) is 103 Å². The van der Waals surface area contributed by atoms with E-state index in [4.69, 9.17) is 19.4 Å². The first kappa shape index (κ1) is 44.2. The molecule has 2 saturated heterocycles. The molecule has 6 aliphatic rings. The monoisotopic (exact) mass is 884 g/mol. The van der Waals surface area contributed by atoms with Gasteiger partial charge in [0.05, 0.1) is 88.3 Å². The predicted octanol–water partition coefficient (Wildman–Crippen LogP) is 13.0. The van der Waals surface area contributed by atoms with Gasteiger partial charge in [0, 0.05) is 41.5 Å². The maximum absolute atomic E-state index is 5.67. The van der Waals surface area contributed by atoms with E-state index in [1.165, 1.54) is 94.8 Å². The van der Waals surface area contributed by atoms with E-state index in [1.807, 2.05) is 34.9 Å². The summed E-state index contributed by atoms with van der Waals surface area (Å²) in [6, 6.07) is 9.89. The number of piperidine rings is 2. The Balaban J connectivity index is 0.000000161. The van der Waals surface area contributed by atoms with Crippen LogP contribution in [-0.4, -0.2) is 102 Å². The normalized spacial score (nSPS) is 26.2. The number of benzene rings is 1. The Morgan fingerprint density at radius 1 is 0.442 bits per heavy atom. The van der Waals surface area contributed by atoms with Crippen molar-refractivity contribution in [2.45, 2.75) is 188 Å². The summed E-state index contributed by atoms with van der Waals surface area (Å²) in [5.41, 5.74) is 8.26. The second kappa shape index (κ2) is 22.9. The molecule has 2 aliphatic heterocycles. The molecule has 0 spiro atoms. The molecule has 0 bridgehead atoms. The van der Waals surface area contributed by atoms with Crippen LogP contribution in [0, 0.1) is 0 Å². The third-order valence-corrected chi connectivity index (χ3v) is 25.6. The van der Waals surface area contributed by atoms with Gasteiger partial charge >= 0.3 is 73.4 Å². The molecule has 52 heavy (non-hydrogen) atoms. The Kier molecular flexibility index (Phi) is 19.4. The third kappa shape index (κ3) is 14.8. The van der Waals surface area contributed by atoms with E-state index in [2.05, 4.69) is 28.2 Å². The van der Waals surface area contributed by atoms with Gasteiger partial charge in [-0.2, -0.15) is 0 Å². The van der Waals surface area contributed by atoms with Gasteiger partial charge in [-0.3, -0.25) is 0 Å². The first-order chi connectivity index (χ1) is 25.1. The predicted molar refractivity (Wildman–Crippen MR) is 237 cm³/mol. The number of hydrogen-bond acceptors (Lipinski definition) is 0. The van der Waals surface area contributed by atoms with Crippen molar-refractivity contribution in [3.05, 3.63) is 35.9 Å². The number of halogens is 2. The molecule has 0 unspecified atom stereocenters. The van der Waals surface area contributed by atoms with Gasteiger partial charge in [0.1, 0.15) is 0 Å². The van der Waals surface area contributed by atoms with Gasteiger partial charge in [0.2, 0.25) is 0 Å². The van der Waals surface area contributed by atoms with Crippen molar-refractivity contribution in [2.75, 3.05) is 54.4 Å². The summed E-state index contributed by atoms with van der Waals surface area (Å²) >= 11 is -1.61. The third-order valence-electron chi connectivity index (χ3n) is 14.6. The van der Waals surface area contributed by atoms with Gasteiger partial charge in [-0.1, -0.05) is 25.7 Å². The second-order valence-electron chi connectivity index (χ2n) is 19.4. The first-order valence-electron chi connectivity index (χ1n) is 22.4. The van der Waals surface area contributed by atoms with Crippen molar-refractivity contribution in [3.63, 3.8) is 0 Å². The minimum absolute atomic E-state index is 0.106. The number of quaternary nitrogens is 2. The molecular weight excluding hydrogens is 802 g/mol. The van der Waals surface area contributed by atoms with E-state index < -0.39 is 13.5 Å². The Bertz CT molecular complexity index is 1030. The van der Waals surface area contributed by atoms with E-state index in [1.54, 1.807) is 128 Å². The van der Waals surface area contributed by atoms with Crippen LogP contribution in [0.4, 0.5) is 0 Å². The molecular formula is C45H82Cl2N2P2Ru+4. The number of hydrogen-bond donors (Lipinski definition) is 0. The van der Waals surface area contributed by atoms with Crippen LogP contribution in [-0.2, 0) is 13.5 Å². The molecule has 300 valence electrons. The van der Waals surface area contributed by atoms with Crippen LogP contribution in [0.25, 0.3) is 0 Å². The van der Waals surface area contributed by atoms with E-state index in [0.29, 0.717) is 0 Å². The molecule has 0 amide bonds. The molecule has 2 heterocycles. The molecule has 2 nitrogen and oxygen atoms in total. The van der Waals surface area contributed by atoms with Crippen molar-refractivity contribution in [2.24, 2.45) is 0 Å². The molecule has 7 heteroatoms.